The summed E-state index contributed by atoms with van der Waals surface area (Å²) in [6.07, 6.45) is 0. The minimum atomic E-state index is -0.747. The third-order valence-electron chi connectivity index (χ3n) is 2.80. The summed E-state index contributed by atoms with van der Waals surface area (Å²) >= 11 is 0. The molecule has 1 amide bonds. The summed E-state index contributed by atoms with van der Waals surface area (Å²) in [7, 11) is 0. The second-order valence-electron chi connectivity index (χ2n) is 4.65. The number of rotatable bonds is 3. The molecule has 1 heterocycles. The summed E-state index contributed by atoms with van der Waals surface area (Å²) in [5.74, 6) is -0.855. The zero-order valence-electron chi connectivity index (χ0n) is 11.1. The summed E-state index contributed by atoms with van der Waals surface area (Å²) in [6.45, 7) is 4.87. The number of aromatic nitrogens is 2. The fraction of sp³-hybridized carbons (Fsp3) is 0.286. The molecule has 2 aromatic rings. The molecule has 0 fully saturated rings. The standard InChI is InChI=1S/C14H16FN3O/c1-8(2)12(15)14(19)16-9(3)13-17-10-6-4-5-7-11(10)18-13/h4-7,9H,1-3H3,(H,16,19)(H,17,18)/t9-/m0/s1. The van der Waals surface area contributed by atoms with Crippen molar-refractivity contribution in [1.82, 2.24) is 15.3 Å². The number of amides is 1. The summed E-state index contributed by atoms with van der Waals surface area (Å²) in [5.41, 5.74) is 2.07. The van der Waals surface area contributed by atoms with Gasteiger partial charge >= 0.3 is 0 Å². The van der Waals surface area contributed by atoms with E-state index in [0.717, 1.165) is 11.0 Å². The number of hydrogen-bond acceptors (Lipinski definition) is 2. The van der Waals surface area contributed by atoms with E-state index in [1.807, 2.05) is 24.3 Å². The van der Waals surface area contributed by atoms with Gasteiger partial charge < -0.3 is 10.3 Å². The first kappa shape index (κ1) is 13.3. The Kier molecular flexibility index (Phi) is 3.64. The van der Waals surface area contributed by atoms with Crippen LogP contribution in [0.1, 0.15) is 32.6 Å². The van der Waals surface area contributed by atoms with Gasteiger partial charge in [0.2, 0.25) is 0 Å². The van der Waals surface area contributed by atoms with Crippen molar-refractivity contribution in [3.63, 3.8) is 0 Å². The lowest BCUT2D eigenvalue weighted by atomic mass is 10.2. The van der Waals surface area contributed by atoms with E-state index in [0.29, 0.717) is 11.4 Å². The van der Waals surface area contributed by atoms with Gasteiger partial charge in [0.05, 0.1) is 17.1 Å². The van der Waals surface area contributed by atoms with E-state index in [4.69, 9.17) is 0 Å². The number of halogens is 1. The smallest absolute Gasteiger partial charge is 0.280 e. The summed E-state index contributed by atoms with van der Waals surface area (Å²) in [6, 6.07) is 7.18. The van der Waals surface area contributed by atoms with Crippen LogP contribution >= 0.6 is 0 Å². The Hall–Kier alpha value is -2.17. The van der Waals surface area contributed by atoms with E-state index in [9.17, 15) is 9.18 Å². The van der Waals surface area contributed by atoms with E-state index >= 15 is 0 Å². The summed E-state index contributed by atoms with van der Waals surface area (Å²) in [4.78, 5) is 19.1. The van der Waals surface area contributed by atoms with Crippen LogP contribution in [0.25, 0.3) is 11.0 Å². The van der Waals surface area contributed by atoms with E-state index in [2.05, 4.69) is 15.3 Å². The van der Waals surface area contributed by atoms with Crippen molar-refractivity contribution >= 4 is 16.9 Å². The van der Waals surface area contributed by atoms with Gasteiger partial charge in [-0.2, -0.15) is 0 Å². The third-order valence-corrected chi connectivity index (χ3v) is 2.80. The molecule has 0 radical (unpaired) electrons. The Labute approximate surface area is 110 Å². The highest BCUT2D eigenvalue weighted by Gasteiger charge is 2.17. The highest BCUT2D eigenvalue weighted by atomic mass is 19.1. The molecule has 100 valence electrons. The quantitative estimate of drug-likeness (QED) is 0.834. The van der Waals surface area contributed by atoms with Crippen molar-refractivity contribution in [1.29, 1.82) is 0 Å². The van der Waals surface area contributed by atoms with Crippen LogP contribution in [-0.2, 0) is 4.79 Å². The molecule has 0 aliphatic rings. The zero-order chi connectivity index (χ0) is 14.0. The van der Waals surface area contributed by atoms with E-state index in [1.165, 1.54) is 0 Å². The predicted octanol–water partition coefficient (Wildman–Crippen LogP) is 3.00. The highest BCUT2D eigenvalue weighted by molar-refractivity contribution is 5.92. The second kappa shape index (κ2) is 5.22. The Balaban J connectivity index is 2.18. The van der Waals surface area contributed by atoms with Gasteiger partial charge in [0.1, 0.15) is 5.82 Å². The average Bonchev–Trinajstić information content (AvgIpc) is 2.81. The fourth-order valence-corrected chi connectivity index (χ4v) is 1.73. The number of fused-ring (bicyclic) bond motifs is 1. The van der Waals surface area contributed by atoms with Gasteiger partial charge in [-0.15, -0.1) is 0 Å². The van der Waals surface area contributed by atoms with Crippen LogP contribution in [0.15, 0.2) is 35.7 Å². The molecule has 0 saturated carbocycles. The van der Waals surface area contributed by atoms with Crippen molar-refractivity contribution in [2.24, 2.45) is 0 Å². The molecular weight excluding hydrogens is 245 g/mol. The van der Waals surface area contributed by atoms with Gasteiger partial charge in [-0.3, -0.25) is 4.79 Å². The largest absolute Gasteiger partial charge is 0.340 e. The van der Waals surface area contributed by atoms with Gasteiger partial charge in [-0.25, -0.2) is 9.37 Å². The fourth-order valence-electron chi connectivity index (χ4n) is 1.73. The molecule has 0 aliphatic heterocycles. The Bertz CT molecular complexity index is 608. The van der Waals surface area contributed by atoms with Crippen LogP contribution in [0.2, 0.25) is 0 Å². The molecule has 5 heteroatoms. The minimum absolute atomic E-state index is 0.356. The van der Waals surface area contributed by atoms with Crippen LogP contribution in [0, 0.1) is 0 Å². The molecule has 0 unspecified atom stereocenters. The van der Waals surface area contributed by atoms with Crippen LogP contribution in [0.3, 0.4) is 0 Å². The molecule has 0 saturated heterocycles. The topological polar surface area (TPSA) is 57.8 Å². The molecule has 2 rings (SSSR count). The number of nitrogens with one attached hydrogen (secondary N) is 2. The normalized spacial score (nSPS) is 12.2. The van der Waals surface area contributed by atoms with Crippen LogP contribution in [0.5, 0.6) is 0 Å². The van der Waals surface area contributed by atoms with Gasteiger partial charge in [0.25, 0.3) is 5.91 Å². The molecule has 0 aliphatic carbocycles. The van der Waals surface area contributed by atoms with Gasteiger partial charge in [-0.05, 0) is 38.5 Å². The Morgan fingerprint density at radius 1 is 1.37 bits per heavy atom. The predicted molar refractivity (Wildman–Crippen MR) is 72.1 cm³/mol. The lowest BCUT2D eigenvalue weighted by molar-refractivity contribution is -0.119. The number of para-hydroxylation sites is 2. The highest BCUT2D eigenvalue weighted by Crippen LogP contribution is 2.16. The third kappa shape index (κ3) is 2.81. The zero-order valence-corrected chi connectivity index (χ0v) is 11.1. The van der Waals surface area contributed by atoms with Crippen molar-refractivity contribution < 1.29 is 9.18 Å². The first-order valence-corrected chi connectivity index (χ1v) is 6.07. The Morgan fingerprint density at radius 3 is 2.68 bits per heavy atom. The number of allylic oxidation sites excluding steroid dienone is 1. The van der Waals surface area contributed by atoms with Crippen molar-refractivity contribution in [2.45, 2.75) is 26.8 Å². The number of H-pyrrole nitrogens is 1. The number of carbonyl (C=O) groups excluding carboxylic acids is 1. The molecular formula is C14H16FN3O. The number of hydrogen-bond donors (Lipinski definition) is 2. The minimum Gasteiger partial charge on any atom is -0.340 e. The number of aromatic amines is 1. The number of benzene rings is 1. The van der Waals surface area contributed by atoms with E-state index < -0.39 is 11.7 Å². The monoisotopic (exact) mass is 261 g/mol. The molecule has 2 N–H and O–H groups in total. The maximum Gasteiger partial charge on any atom is 0.280 e. The first-order valence-electron chi connectivity index (χ1n) is 6.07. The number of imidazole rings is 1. The first-order chi connectivity index (χ1) is 8.99. The summed E-state index contributed by atoms with van der Waals surface area (Å²) < 4.78 is 13.4. The Morgan fingerprint density at radius 2 is 2.05 bits per heavy atom. The van der Waals surface area contributed by atoms with Crippen molar-refractivity contribution in [3.05, 3.63) is 41.5 Å². The number of carbonyl (C=O) groups is 1. The van der Waals surface area contributed by atoms with Crippen LogP contribution < -0.4 is 5.32 Å². The average molecular weight is 261 g/mol. The van der Waals surface area contributed by atoms with E-state index in [-0.39, 0.29) is 6.04 Å². The lowest BCUT2D eigenvalue weighted by Gasteiger charge is -2.10. The van der Waals surface area contributed by atoms with Crippen LogP contribution in [-0.4, -0.2) is 15.9 Å². The molecule has 0 spiro atoms. The molecule has 4 nitrogen and oxygen atoms in total. The lowest BCUT2D eigenvalue weighted by Crippen LogP contribution is -2.28. The maximum absolute atomic E-state index is 13.4. The van der Waals surface area contributed by atoms with E-state index in [1.54, 1.807) is 20.8 Å². The van der Waals surface area contributed by atoms with Crippen LogP contribution in [0.4, 0.5) is 4.39 Å². The summed E-state index contributed by atoms with van der Waals surface area (Å²) in [5, 5.41) is 2.57. The molecule has 19 heavy (non-hydrogen) atoms. The SMILES string of the molecule is CC(C)=C(F)C(=O)N[C@@H](C)c1nc2ccccc2[nH]1. The molecule has 1 atom stereocenters. The second-order valence-corrected chi connectivity index (χ2v) is 4.65. The molecule has 1 aromatic heterocycles. The molecule has 1 aromatic carbocycles. The van der Waals surface area contributed by atoms with Crippen molar-refractivity contribution in [3.8, 4) is 0 Å². The van der Waals surface area contributed by atoms with Gasteiger partial charge in [-0.1, -0.05) is 12.1 Å². The van der Waals surface area contributed by atoms with Gasteiger partial charge in [0, 0.05) is 0 Å². The molecule has 0 bridgehead atoms. The van der Waals surface area contributed by atoms with Gasteiger partial charge in [0.15, 0.2) is 5.83 Å². The maximum atomic E-state index is 13.4. The number of nitrogens with zero attached hydrogens (tertiary/aromatic N) is 1. The van der Waals surface area contributed by atoms with Crippen molar-refractivity contribution in [2.75, 3.05) is 0 Å².